The van der Waals surface area contributed by atoms with Gasteiger partial charge in [-0.2, -0.15) is 0 Å². The lowest BCUT2D eigenvalue weighted by Gasteiger charge is -2.14. The molecule has 0 aliphatic carbocycles. The summed E-state index contributed by atoms with van der Waals surface area (Å²) in [4.78, 5) is 29.5. The zero-order chi connectivity index (χ0) is 17.6. The van der Waals surface area contributed by atoms with Crippen LogP contribution in [-0.2, 0) is 4.74 Å². The van der Waals surface area contributed by atoms with E-state index in [1.807, 2.05) is 0 Å². The van der Waals surface area contributed by atoms with Gasteiger partial charge in [0.25, 0.3) is 5.56 Å². The molecule has 3 rings (SSSR count). The van der Waals surface area contributed by atoms with E-state index in [0.717, 1.165) is 0 Å². The third kappa shape index (κ3) is 2.18. The maximum atomic E-state index is 13.0. The van der Waals surface area contributed by atoms with Crippen molar-refractivity contribution in [3.8, 4) is 0 Å². The zero-order valence-electron chi connectivity index (χ0n) is 14.1. The van der Waals surface area contributed by atoms with Crippen LogP contribution in [0, 0.1) is 27.7 Å². The molecule has 0 saturated heterocycles. The number of methoxy groups -OCH3 is 1. The van der Waals surface area contributed by atoms with Crippen LogP contribution in [0.15, 0.2) is 17.1 Å². The molecule has 0 aliphatic heterocycles. The SMILES string of the molecule is COC(=O)c1c(C)nc(C)c2c(=O)n(-n3c(C)nnc3C)ccc12. The van der Waals surface area contributed by atoms with E-state index in [9.17, 15) is 9.59 Å². The molecule has 0 atom stereocenters. The number of esters is 1. The Balaban J connectivity index is 2.43. The van der Waals surface area contributed by atoms with E-state index in [4.69, 9.17) is 4.74 Å². The number of aromatic nitrogens is 5. The van der Waals surface area contributed by atoms with Gasteiger partial charge in [0.15, 0.2) is 0 Å². The smallest absolute Gasteiger partial charge is 0.340 e. The summed E-state index contributed by atoms with van der Waals surface area (Å²) in [6.07, 6.45) is 1.60. The summed E-state index contributed by atoms with van der Waals surface area (Å²) in [5.41, 5.74) is 1.09. The minimum absolute atomic E-state index is 0.298. The Morgan fingerprint density at radius 1 is 1.08 bits per heavy atom. The molecule has 0 radical (unpaired) electrons. The lowest BCUT2D eigenvalue weighted by atomic mass is 10.0. The Morgan fingerprint density at radius 2 is 1.71 bits per heavy atom. The topological polar surface area (TPSA) is 91.9 Å². The zero-order valence-corrected chi connectivity index (χ0v) is 14.1. The fourth-order valence-electron chi connectivity index (χ4n) is 2.93. The lowest BCUT2D eigenvalue weighted by Crippen LogP contribution is -2.28. The summed E-state index contributed by atoms with van der Waals surface area (Å²) in [5, 5.41) is 8.84. The normalized spacial score (nSPS) is 11.0. The number of rotatable bonds is 2. The molecule has 3 heterocycles. The summed E-state index contributed by atoms with van der Waals surface area (Å²) in [6.45, 7) is 6.99. The van der Waals surface area contributed by atoms with Crippen molar-refractivity contribution in [1.82, 2.24) is 24.5 Å². The van der Waals surface area contributed by atoms with Crippen molar-refractivity contribution in [2.24, 2.45) is 0 Å². The lowest BCUT2D eigenvalue weighted by molar-refractivity contribution is 0.0601. The molecule has 0 N–H and O–H groups in total. The third-order valence-corrected chi connectivity index (χ3v) is 3.96. The number of fused-ring (bicyclic) bond motifs is 1. The van der Waals surface area contributed by atoms with Gasteiger partial charge in [-0.05, 0) is 33.8 Å². The van der Waals surface area contributed by atoms with Crippen molar-refractivity contribution in [3.05, 3.63) is 51.2 Å². The van der Waals surface area contributed by atoms with Crippen LogP contribution in [0.5, 0.6) is 0 Å². The molecular formula is C16H17N5O3. The molecule has 24 heavy (non-hydrogen) atoms. The molecule has 0 bridgehead atoms. The molecule has 8 nitrogen and oxygen atoms in total. The second-order valence-corrected chi connectivity index (χ2v) is 5.51. The minimum Gasteiger partial charge on any atom is -0.465 e. The third-order valence-electron chi connectivity index (χ3n) is 3.96. The van der Waals surface area contributed by atoms with Crippen LogP contribution < -0.4 is 5.56 Å². The van der Waals surface area contributed by atoms with Crippen molar-refractivity contribution >= 4 is 16.7 Å². The van der Waals surface area contributed by atoms with E-state index in [-0.39, 0.29) is 5.56 Å². The second-order valence-electron chi connectivity index (χ2n) is 5.51. The van der Waals surface area contributed by atoms with Gasteiger partial charge in [-0.25, -0.2) is 14.1 Å². The highest BCUT2D eigenvalue weighted by Gasteiger charge is 2.20. The van der Waals surface area contributed by atoms with E-state index in [1.54, 1.807) is 44.6 Å². The second kappa shape index (κ2) is 5.55. The molecule has 124 valence electrons. The molecule has 0 unspecified atom stereocenters. The maximum Gasteiger partial charge on any atom is 0.340 e. The maximum absolute atomic E-state index is 13.0. The number of ether oxygens (including phenoxy) is 1. The number of carbonyl (C=O) groups is 1. The molecule has 0 amide bonds. The summed E-state index contributed by atoms with van der Waals surface area (Å²) in [6, 6.07) is 1.71. The van der Waals surface area contributed by atoms with Gasteiger partial charge in [0.05, 0.1) is 29.4 Å². The molecule has 0 aliphatic rings. The Labute approximate surface area is 137 Å². The number of aryl methyl sites for hydroxylation is 4. The predicted molar refractivity (Wildman–Crippen MR) is 87.1 cm³/mol. The molecule has 3 aromatic heterocycles. The number of hydrogen-bond donors (Lipinski definition) is 0. The number of nitrogens with zero attached hydrogens (tertiary/aromatic N) is 5. The van der Waals surface area contributed by atoms with Crippen LogP contribution in [-0.4, -0.2) is 37.6 Å². The monoisotopic (exact) mass is 327 g/mol. The van der Waals surface area contributed by atoms with E-state index in [1.165, 1.54) is 11.8 Å². The highest BCUT2D eigenvalue weighted by atomic mass is 16.5. The first-order valence-corrected chi connectivity index (χ1v) is 7.37. The van der Waals surface area contributed by atoms with Gasteiger partial charge in [-0.3, -0.25) is 9.78 Å². The van der Waals surface area contributed by atoms with Gasteiger partial charge >= 0.3 is 5.97 Å². The quantitative estimate of drug-likeness (QED) is 0.659. The molecule has 3 aromatic rings. The highest BCUT2D eigenvalue weighted by Crippen LogP contribution is 2.22. The van der Waals surface area contributed by atoms with Gasteiger partial charge in [0.1, 0.15) is 11.6 Å². The predicted octanol–water partition coefficient (Wildman–Crippen LogP) is 1.32. The Hall–Kier alpha value is -3.03. The van der Waals surface area contributed by atoms with E-state index >= 15 is 0 Å². The first-order chi connectivity index (χ1) is 11.4. The average Bonchev–Trinajstić information content (AvgIpc) is 2.86. The van der Waals surface area contributed by atoms with Crippen LogP contribution in [0.4, 0.5) is 0 Å². The molecule has 8 heteroatoms. The van der Waals surface area contributed by atoms with Crippen molar-refractivity contribution in [1.29, 1.82) is 0 Å². The van der Waals surface area contributed by atoms with Crippen LogP contribution >= 0.6 is 0 Å². The summed E-state index contributed by atoms with van der Waals surface area (Å²) >= 11 is 0. The molecule has 0 saturated carbocycles. The highest BCUT2D eigenvalue weighted by molar-refractivity contribution is 6.05. The molecule has 0 aromatic carbocycles. The summed E-state index contributed by atoms with van der Waals surface area (Å²) < 4.78 is 7.86. The summed E-state index contributed by atoms with van der Waals surface area (Å²) in [5.74, 6) is 0.651. The van der Waals surface area contributed by atoms with Crippen LogP contribution in [0.2, 0.25) is 0 Å². The van der Waals surface area contributed by atoms with Gasteiger partial charge < -0.3 is 4.74 Å². The first kappa shape index (κ1) is 15.9. The van der Waals surface area contributed by atoms with Gasteiger partial charge in [0.2, 0.25) is 0 Å². The van der Waals surface area contributed by atoms with Gasteiger partial charge in [0, 0.05) is 11.6 Å². The fraction of sp³-hybridized carbons (Fsp3) is 0.312. The number of hydrogen-bond acceptors (Lipinski definition) is 6. The van der Waals surface area contributed by atoms with Crippen LogP contribution in [0.25, 0.3) is 10.8 Å². The summed E-state index contributed by atoms with van der Waals surface area (Å²) in [7, 11) is 1.30. The Morgan fingerprint density at radius 3 is 2.29 bits per heavy atom. The Kier molecular flexibility index (Phi) is 3.67. The number of carbonyl (C=O) groups excluding carboxylic acids is 1. The van der Waals surface area contributed by atoms with Crippen LogP contribution in [0.3, 0.4) is 0 Å². The van der Waals surface area contributed by atoms with Crippen molar-refractivity contribution < 1.29 is 9.53 Å². The van der Waals surface area contributed by atoms with Crippen molar-refractivity contribution in [3.63, 3.8) is 0 Å². The van der Waals surface area contributed by atoms with Crippen LogP contribution in [0.1, 0.15) is 33.4 Å². The minimum atomic E-state index is -0.515. The van der Waals surface area contributed by atoms with E-state index < -0.39 is 5.97 Å². The first-order valence-electron chi connectivity index (χ1n) is 7.37. The van der Waals surface area contributed by atoms with E-state index in [0.29, 0.717) is 39.4 Å². The van der Waals surface area contributed by atoms with Crippen molar-refractivity contribution in [2.75, 3.05) is 7.11 Å². The van der Waals surface area contributed by atoms with E-state index in [2.05, 4.69) is 15.2 Å². The standard InChI is InChI=1S/C16H17N5O3/c1-8-13-12(14(9(2)17-8)16(23)24-5)6-7-20(15(13)22)21-10(3)18-19-11(21)4/h6-7H,1-5H3. The molecule has 0 fully saturated rings. The van der Waals surface area contributed by atoms with Gasteiger partial charge in [-0.1, -0.05) is 0 Å². The molecule has 0 spiro atoms. The fourth-order valence-corrected chi connectivity index (χ4v) is 2.93. The number of pyridine rings is 2. The Bertz CT molecular complexity index is 1010. The van der Waals surface area contributed by atoms with Gasteiger partial charge in [-0.15, -0.1) is 10.2 Å². The average molecular weight is 327 g/mol. The molecular weight excluding hydrogens is 310 g/mol. The largest absolute Gasteiger partial charge is 0.465 e. The van der Waals surface area contributed by atoms with Crippen molar-refractivity contribution in [2.45, 2.75) is 27.7 Å².